The lowest BCUT2D eigenvalue weighted by Gasteiger charge is -2.19. The van der Waals surface area contributed by atoms with Crippen LogP contribution >= 0.6 is 0 Å². The van der Waals surface area contributed by atoms with Crippen molar-refractivity contribution >= 4 is 11.6 Å². The summed E-state index contributed by atoms with van der Waals surface area (Å²) < 4.78 is 5.37. The second-order valence-corrected chi connectivity index (χ2v) is 2.87. The molecule has 1 aromatic rings. The number of fused-ring (bicyclic) bond motifs is 1. The minimum atomic E-state index is 0.00218. The lowest BCUT2D eigenvalue weighted by Crippen LogP contribution is -2.20. The molecule has 1 aliphatic rings. The Kier molecular flexibility index (Phi) is 1.88. The molecule has 0 saturated heterocycles. The summed E-state index contributed by atoms with van der Waals surface area (Å²) in [7, 11) is 0. The molecule has 13 heavy (non-hydrogen) atoms. The molecule has 1 aliphatic heterocycles. The lowest BCUT2D eigenvalue weighted by atomic mass is 10.1. The van der Waals surface area contributed by atoms with E-state index in [2.05, 4.69) is 10.3 Å². The summed E-state index contributed by atoms with van der Waals surface area (Å²) in [6, 6.07) is 1.67. The maximum atomic E-state index is 11.2. The predicted octanol–water partition coefficient (Wildman–Crippen LogP) is 1.09. The van der Waals surface area contributed by atoms with Crippen LogP contribution in [0.15, 0.2) is 12.3 Å². The number of ether oxygens (including phenoxy) is 1. The molecule has 2 rings (SSSR count). The van der Waals surface area contributed by atoms with Crippen molar-refractivity contribution in [1.29, 1.82) is 0 Å². The summed E-state index contributed by atoms with van der Waals surface area (Å²) in [5.74, 6) is 1.25. The molecule has 0 saturated carbocycles. The third-order valence-corrected chi connectivity index (χ3v) is 1.92. The Balaban J connectivity index is 2.52. The summed E-state index contributed by atoms with van der Waals surface area (Å²) in [5, 5.41) is 3.07. The summed E-state index contributed by atoms with van der Waals surface area (Å²) in [6.07, 6.45) is 1.61. The zero-order chi connectivity index (χ0) is 9.26. The molecule has 0 radical (unpaired) electrons. The number of nitrogens with zero attached hydrogens (tertiary/aromatic N) is 1. The molecule has 0 amide bonds. The molecule has 0 spiro atoms. The van der Waals surface area contributed by atoms with Crippen molar-refractivity contribution in [3.8, 4) is 5.75 Å². The second-order valence-electron chi connectivity index (χ2n) is 2.87. The third-order valence-electron chi connectivity index (χ3n) is 1.92. The van der Waals surface area contributed by atoms with E-state index in [-0.39, 0.29) is 5.78 Å². The van der Waals surface area contributed by atoms with E-state index in [9.17, 15) is 4.79 Å². The van der Waals surface area contributed by atoms with Gasteiger partial charge in [-0.05, 0) is 13.0 Å². The molecular weight excluding hydrogens is 168 g/mol. The average molecular weight is 178 g/mol. The zero-order valence-corrected chi connectivity index (χ0v) is 7.33. The van der Waals surface area contributed by atoms with Crippen molar-refractivity contribution in [2.24, 2.45) is 0 Å². The number of Topliss-reactive ketones (excluding diaryl/α,β-unsaturated/α-hetero) is 1. The van der Waals surface area contributed by atoms with E-state index in [1.165, 1.54) is 6.92 Å². The summed E-state index contributed by atoms with van der Waals surface area (Å²) >= 11 is 0. The Hall–Kier alpha value is -1.58. The van der Waals surface area contributed by atoms with Gasteiger partial charge in [0.2, 0.25) is 0 Å². The molecule has 2 heterocycles. The number of hydrogen-bond acceptors (Lipinski definition) is 4. The number of nitrogens with one attached hydrogen (secondary N) is 1. The van der Waals surface area contributed by atoms with Gasteiger partial charge in [0.05, 0.1) is 12.1 Å². The molecule has 68 valence electrons. The van der Waals surface area contributed by atoms with Gasteiger partial charge in [-0.1, -0.05) is 0 Å². The maximum Gasteiger partial charge on any atom is 0.172 e. The van der Waals surface area contributed by atoms with Crippen molar-refractivity contribution in [3.63, 3.8) is 0 Å². The summed E-state index contributed by atoms with van der Waals surface area (Å²) in [5.41, 5.74) is 0.595. The number of pyridine rings is 1. The largest absolute Gasteiger partial charge is 0.487 e. The van der Waals surface area contributed by atoms with Gasteiger partial charge in [-0.25, -0.2) is 4.98 Å². The fourth-order valence-corrected chi connectivity index (χ4v) is 1.32. The number of carbonyl (C=O) groups excluding carboxylic acids is 1. The number of aromatic nitrogens is 1. The first-order valence-electron chi connectivity index (χ1n) is 4.15. The highest BCUT2D eigenvalue weighted by Crippen LogP contribution is 2.28. The highest BCUT2D eigenvalue weighted by Gasteiger charge is 2.17. The van der Waals surface area contributed by atoms with Gasteiger partial charge in [0, 0.05) is 6.20 Å². The second kappa shape index (κ2) is 3.05. The SMILES string of the molecule is CC(=O)c1ccnc2c1OCCN2. The predicted molar refractivity (Wildman–Crippen MR) is 48.2 cm³/mol. The molecule has 0 aromatic carbocycles. The standard InChI is InChI=1S/C9H10N2O2/c1-6(12)7-2-3-10-9-8(7)13-5-4-11-9/h2-3H,4-5H2,1H3,(H,10,11). The molecular formula is C9H10N2O2. The van der Waals surface area contributed by atoms with Crippen molar-refractivity contribution in [1.82, 2.24) is 4.98 Å². The Morgan fingerprint density at radius 1 is 1.69 bits per heavy atom. The van der Waals surface area contributed by atoms with E-state index in [4.69, 9.17) is 4.74 Å². The monoisotopic (exact) mass is 178 g/mol. The Morgan fingerprint density at radius 2 is 2.54 bits per heavy atom. The van der Waals surface area contributed by atoms with Gasteiger partial charge in [-0.15, -0.1) is 0 Å². The molecule has 4 nitrogen and oxygen atoms in total. The highest BCUT2D eigenvalue weighted by atomic mass is 16.5. The fourth-order valence-electron chi connectivity index (χ4n) is 1.32. The summed E-state index contributed by atoms with van der Waals surface area (Å²) in [4.78, 5) is 15.3. The van der Waals surface area contributed by atoms with Crippen LogP contribution in [0.4, 0.5) is 5.82 Å². The number of anilines is 1. The van der Waals surface area contributed by atoms with Crippen LogP contribution in [0, 0.1) is 0 Å². The van der Waals surface area contributed by atoms with Gasteiger partial charge in [0.25, 0.3) is 0 Å². The molecule has 0 bridgehead atoms. The minimum absolute atomic E-state index is 0.00218. The van der Waals surface area contributed by atoms with Crippen molar-refractivity contribution in [2.45, 2.75) is 6.92 Å². The number of rotatable bonds is 1. The smallest absolute Gasteiger partial charge is 0.172 e. The molecule has 1 aromatic heterocycles. The molecule has 4 heteroatoms. The zero-order valence-electron chi connectivity index (χ0n) is 7.33. The Labute approximate surface area is 75.9 Å². The first-order valence-corrected chi connectivity index (χ1v) is 4.15. The Morgan fingerprint density at radius 3 is 3.31 bits per heavy atom. The topological polar surface area (TPSA) is 51.2 Å². The molecule has 0 aliphatic carbocycles. The van der Waals surface area contributed by atoms with Gasteiger partial charge >= 0.3 is 0 Å². The van der Waals surface area contributed by atoms with E-state index in [0.717, 1.165) is 6.54 Å². The average Bonchev–Trinajstić information content (AvgIpc) is 2.17. The number of carbonyl (C=O) groups is 1. The van der Waals surface area contributed by atoms with Gasteiger partial charge in [0.1, 0.15) is 6.61 Å². The van der Waals surface area contributed by atoms with Crippen LogP contribution in [0.1, 0.15) is 17.3 Å². The van der Waals surface area contributed by atoms with E-state index in [1.54, 1.807) is 12.3 Å². The van der Waals surface area contributed by atoms with Crippen molar-refractivity contribution in [3.05, 3.63) is 17.8 Å². The van der Waals surface area contributed by atoms with E-state index in [0.29, 0.717) is 23.7 Å². The van der Waals surface area contributed by atoms with Gasteiger partial charge in [-0.2, -0.15) is 0 Å². The molecule has 0 atom stereocenters. The fraction of sp³-hybridized carbons (Fsp3) is 0.333. The molecule has 0 unspecified atom stereocenters. The summed E-state index contributed by atoms with van der Waals surface area (Å²) in [6.45, 7) is 2.84. The van der Waals surface area contributed by atoms with E-state index in [1.807, 2.05) is 0 Å². The van der Waals surface area contributed by atoms with Crippen LogP contribution in [0.3, 0.4) is 0 Å². The van der Waals surface area contributed by atoms with Crippen molar-refractivity contribution in [2.75, 3.05) is 18.5 Å². The first-order chi connectivity index (χ1) is 6.29. The number of ketones is 1. The molecule has 1 N–H and O–H groups in total. The van der Waals surface area contributed by atoms with Crippen LogP contribution in [0.2, 0.25) is 0 Å². The quantitative estimate of drug-likeness (QED) is 0.654. The van der Waals surface area contributed by atoms with Gasteiger partial charge < -0.3 is 10.1 Å². The third kappa shape index (κ3) is 1.35. The molecule has 0 fully saturated rings. The van der Waals surface area contributed by atoms with Crippen LogP contribution in [-0.4, -0.2) is 23.9 Å². The van der Waals surface area contributed by atoms with Gasteiger partial charge in [-0.3, -0.25) is 4.79 Å². The highest BCUT2D eigenvalue weighted by molar-refractivity contribution is 5.98. The lowest BCUT2D eigenvalue weighted by molar-refractivity contribution is 0.101. The maximum absolute atomic E-state index is 11.2. The van der Waals surface area contributed by atoms with Crippen LogP contribution < -0.4 is 10.1 Å². The van der Waals surface area contributed by atoms with Crippen LogP contribution in [0.25, 0.3) is 0 Å². The normalized spacial score (nSPS) is 13.9. The Bertz CT molecular complexity index is 349. The minimum Gasteiger partial charge on any atom is -0.487 e. The van der Waals surface area contributed by atoms with Crippen LogP contribution in [-0.2, 0) is 0 Å². The van der Waals surface area contributed by atoms with E-state index >= 15 is 0 Å². The first kappa shape index (κ1) is 8.04. The van der Waals surface area contributed by atoms with Crippen molar-refractivity contribution < 1.29 is 9.53 Å². The van der Waals surface area contributed by atoms with E-state index < -0.39 is 0 Å². The van der Waals surface area contributed by atoms with Gasteiger partial charge in [0.15, 0.2) is 17.4 Å². The number of hydrogen-bond donors (Lipinski definition) is 1. The van der Waals surface area contributed by atoms with Crippen LogP contribution in [0.5, 0.6) is 5.75 Å².